The van der Waals surface area contributed by atoms with Gasteiger partial charge < -0.3 is 19.9 Å². The van der Waals surface area contributed by atoms with Crippen LogP contribution in [0.1, 0.15) is 45.7 Å². The van der Waals surface area contributed by atoms with Gasteiger partial charge in [-0.3, -0.25) is 14.4 Å². The number of hydrogen-bond donors (Lipinski definition) is 2. The zero-order valence-corrected chi connectivity index (χ0v) is 16.8. The maximum Gasteiger partial charge on any atom is 0.274 e. The Kier molecular flexibility index (Phi) is 5.43. The van der Waals surface area contributed by atoms with E-state index in [-0.39, 0.29) is 6.54 Å². The number of aromatic hydroxyl groups is 1. The topological polar surface area (TPSA) is 91.6 Å². The van der Waals surface area contributed by atoms with E-state index < -0.39 is 76.0 Å². The Bertz CT molecular complexity index is 1160. The number of nitrogens with zero attached hydrogens (tertiary/aromatic N) is 2. The summed E-state index contributed by atoms with van der Waals surface area (Å²) in [4.78, 5) is 39.4. The number of nitrogens with one attached hydrogen (secondary N) is 1. The molecule has 0 radical (unpaired) electrons. The van der Waals surface area contributed by atoms with Crippen LogP contribution in [0.2, 0.25) is 0 Å². The second-order valence-corrected chi connectivity index (χ2v) is 8.01. The lowest BCUT2D eigenvalue weighted by Crippen LogP contribution is -2.55. The van der Waals surface area contributed by atoms with Crippen molar-refractivity contribution in [3.8, 4) is 5.75 Å². The molecule has 0 aliphatic carbocycles. The van der Waals surface area contributed by atoms with Gasteiger partial charge in [-0.1, -0.05) is 0 Å². The van der Waals surface area contributed by atoms with Gasteiger partial charge in [0.25, 0.3) is 11.8 Å². The Labute approximate surface area is 179 Å². The van der Waals surface area contributed by atoms with Gasteiger partial charge in [-0.05, 0) is 19.3 Å². The number of alkyl halides is 1. The van der Waals surface area contributed by atoms with Crippen LogP contribution in [0.25, 0.3) is 0 Å². The highest BCUT2D eigenvalue weighted by molar-refractivity contribution is 5.99. The zero-order valence-electron chi connectivity index (χ0n) is 16.8. The van der Waals surface area contributed by atoms with Gasteiger partial charge in [-0.25, -0.2) is 17.6 Å². The number of pyridine rings is 1. The first-order valence-corrected chi connectivity index (χ1v) is 9.94. The summed E-state index contributed by atoms with van der Waals surface area (Å²) in [7, 11) is 0. The molecule has 3 heterocycles. The van der Waals surface area contributed by atoms with Crippen molar-refractivity contribution >= 4 is 11.8 Å². The predicted molar refractivity (Wildman–Crippen MR) is 104 cm³/mol. The van der Waals surface area contributed by atoms with E-state index in [0.717, 1.165) is 10.8 Å². The molecule has 0 saturated carbocycles. The zero-order chi connectivity index (χ0) is 23.2. The first-order valence-electron chi connectivity index (χ1n) is 9.94. The first kappa shape index (κ1) is 21.8. The van der Waals surface area contributed by atoms with Crippen molar-refractivity contribution in [2.24, 2.45) is 0 Å². The van der Waals surface area contributed by atoms with Crippen molar-refractivity contribution in [2.75, 3.05) is 19.8 Å². The van der Waals surface area contributed by atoms with Crippen molar-refractivity contribution < 1.29 is 32.3 Å². The van der Waals surface area contributed by atoms with Gasteiger partial charge in [-0.15, -0.1) is 0 Å². The Morgan fingerprint density at radius 2 is 1.84 bits per heavy atom. The normalized spacial score (nSPS) is 20.0. The standard InChI is InChI=1S/C21H19F4N3O4/c22-9-21-3-1-2-4-27(10-21)20(32)16-18(30)17(29)13(8-28(16)21)19(31)26-7-12-14(24)5-11(23)6-15(12)25/h5-6,8,30H,1-4,7,9-10H2,(H,26,31)/t21-/m0/s1. The molecule has 0 unspecified atom stereocenters. The van der Waals surface area contributed by atoms with Crippen LogP contribution in [-0.4, -0.2) is 46.2 Å². The molecular weight excluding hydrogens is 434 g/mol. The number of carbonyl (C=O) groups excluding carboxylic acids is 2. The summed E-state index contributed by atoms with van der Waals surface area (Å²) in [5.41, 5.74) is -4.07. The minimum Gasteiger partial charge on any atom is -0.503 e. The second kappa shape index (κ2) is 7.95. The maximum absolute atomic E-state index is 14.3. The number of halogens is 4. The molecular formula is C21H19F4N3O4. The van der Waals surface area contributed by atoms with E-state index in [2.05, 4.69) is 5.32 Å². The van der Waals surface area contributed by atoms with E-state index in [9.17, 15) is 37.1 Å². The number of fused-ring (bicyclic) bond motifs is 4. The summed E-state index contributed by atoms with van der Waals surface area (Å²) < 4.78 is 56.1. The third-order valence-electron chi connectivity index (χ3n) is 6.01. The number of amides is 2. The Morgan fingerprint density at radius 1 is 1.16 bits per heavy atom. The van der Waals surface area contributed by atoms with Crippen LogP contribution in [-0.2, 0) is 12.1 Å². The fourth-order valence-corrected chi connectivity index (χ4v) is 4.31. The molecule has 170 valence electrons. The molecule has 2 bridgehead atoms. The van der Waals surface area contributed by atoms with Gasteiger partial charge in [0.1, 0.15) is 29.7 Å². The molecule has 1 aromatic carbocycles. The smallest absolute Gasteiger partial charge is 0.274 e. The van der Waals surface area contributed by atoms with Gasteiger partial charge in [0, 0.05) is 43.5 Å². The predicted octanol–water partition coefficient (Wildman–Crippen LogP) is 2.21. The summed E-state index contributed by atoms with van der Waals surface area (Å²) in [6.45, 7) is -1.24. The largest absolute Gasteiger partial charge is 0.503 e. The Hall–Kier alpha value is -3.37. The highest BCUT2D eigenvalue weighted by Crippen LogP contribution is 2.37. The third kappa shape index (κ3) is 3.41. The molecule has 2 amide bonds. The van der Waals surface area contributed by atoms with E-state index in [0.29, 0.717) is 37.9 Å². The van der Waals surface area contributed by atoms with Crippen molar-refractivity contribution in [2.45, 2.75) is 31.3 Å². The van der Waals surface area contributed by atoms with E-state index in [1.807, 2.05) is 0 Å². The highest BCUT2D eigenvalue weighted by Gasteiger charge is 2.46. The molecule has 7 nitrogen and oxygen atoms in total. The van der Waals surface area contributed by atoms with E-state index in [1.165, 1.54) is 4.90 Å². The lowest BCUT2D eigenvalue weighted by atomic mass is 9.91. The lowest BCUT2D eigenvalue weighted by Gasteiger charge is -2.42. The second-order valence-electron chi connectivity index (χ2n) is 8.01. The van der Waals surface area contributed by atoms with Gasteiger partial charge >= 0.3 is 0 Å². The number of hydrogen-bond acceptors (Lipinski definition) is 4. The van der Waals surface area contributed by atoms with Gasteiger partial charge in [0.2, 0.25) is 5.43 Å². The number of rotatable bonds is 4. The van der Waals surface area contributed by atoms with Crippen molar-refractivity contribution in [3.05, 3.63) is 62.8 Å². The van der Waals surface area contributed by atoms with Gasteiger partial charge in [0.15, 0.2) is 11.4 Å². The highest BCUT2D eigenvalue weighted by atomic mass is 19.1. The molecule has 4 rings (SSSR count). The Balaban J connectivity index is 1.73. The van der Waals surface area contributed by atoms with E-state index >= 15 is 0 Å². The van der Waals surface area contributed by atoms with Crippen LogP contribution in [0, 0.1) is 17.5 Å². The molecule has 2 aliphatic heterocycles. The van der Waals surface area contributed by atoms with Crippen LogP contribution in [0.3, 0.4) is 0 Å². The molecule has 1 atom stereocenters. The lowest BCUT2D eigenvalue weighted by molar-refractivity contribution is 0.0516. The van der Waals surface area contributed by atoms with Crippen LogP contribution in [0.15, 0.2) is 23.1 Å². The molecule has 11 heteroatoms. The molecule has 32 heavy (non-hydrogen) atoms. The summed E-state index contributed by atoms with van der Waals surface area (Å²) in [5, 5.41) is 12.6. The molecule has 0 spiro atoms. The summed E-state index contributed by atoms with van der Waals surface area (Å²) in [6.07, 6.45) is 2.53. The van der Waals surface area contributed by atoms with Crippen LogP contribution < -0.4 is 10.7 Å². The van der Waals surface area contributed by atoms with E-state index in [1.54, 1.807) is 0 Å². The minimum absolute atomic E-state index is 0.0186. The number of aromatic nitrogens is 1. The minimum atomic E-state index is -1.25. The molecule has 2 aromatic rings. The number of carbonyl (C=O) groups is 2. The van der Waals surface area contributed by atoms with E-state index in [4.69, 9.17) is 0 Å². The SMILES string of the molecule is O=C(NCc1c(F)cc(F)cc1F)c1cn2c(c(O)c1=O)C(=O)N1CCCC[C@]2(CF)C1. The third-order valence-corrected chi connectivity index (χ3v) is 6.01. The quantitative estimate of drug-likeness (QED) is 0.695. The fraction of sp³-hybridized carbons (Fsp3) is 0.381. The van der Waals surface area contributed by atoms with Crippen LogP contribution in [0.5, 0.6) is 5.75 Å². The van der Waals surface area contributed by atoms with Crippen molar-refractivity contribution in [3.63, 3.8) is 0 Å². The number of benzene rings is 1. The monoisotopic (exact) mass is 453 g/mol. The summed E-state index contributed by atoms with van der Waals surface area (Å²) in [5.74, 6) is -6.33. The first-order chi connectivity index (χ1) is 15.2. The fourth-order valence-electron chi connectivity index (χ4n) is 4.31. The molecule has 1 fully saturated rings. The molecule has 1 saturated heterocycles. The molecule has 2 aliphatic rings. The molecule has 1 aromatic heterocycles. The van der Waals surface area contributed by atoms with Gasteiger partial charge in [-0.2, -0.15) is 0 Å². The summed E-state index contributed by atoms with van der Waals surface area (Å²) >= 11 is 0. The summed E-state index contributed by atoms with van der Waals surface area (Å²) in [6, 6.07) is 0.886. The Morgan fingerprint density at radius 3 is 2.50 bits per heavy atom. The van der Waals surface area contributed by atoms with Gasteiger partial charge in [0.05, 0.1) is 5.54 Å². The molecule has 2 N–H and O–H groups in total. The van der Waals surface area contributed by atoms with Crippen LogP contribution in [0.4, 0.5) is 17.6 Å². The maximum atomic E-state index is 14.3. The van der Waals surface area contributed by atoms with Crippen molar-refractivity contribution in [1.82, 2.24) is 14.8 Å². The average molecular weight is 453 g/mol. The average Bonchev–Trinajstić information content (AvgIpc) is 2.94. The van der Waals surface area contributed by atoms with Crippen molar-refractivity contribution in [1.29, 1.82) is 0 Å². The van der Waals surface area contributed by atoms with Crippen LogP contribution >= 0.6 is 0 Å².